The summed E-state index contributed by atoms with van der Waals surface area (Å²) in [6.45, 7) is 5.23. The average Bonchev–Trinajstić information content (AvgIpc) is 2.15. The van der Waals surface area contributed by atoms with E-state index >= 15 is 0 Å². The number of likely N-dealkylation sites (N-methyl/N-ethyl adjacent to an activating group) is 1. The highest BCUT2D eigenvalue weighted by molar-refractivity contribution is 5.81. The second-order valence-corrected chi connectivity index (χ2v) is 2.98. The summed E-state index contributed by atoms with van der Waals surface area (Å²) in [5, 5.41) is 3.06. The van der Waals surface area contributed by atoms with Crippen LogP contribution in [0, 0.1) is 12.3 Å². The molecule has 0 saturated heterocycles. The van der Waals surface area contributed by atoms with Crippen LogP contribution in [-0.4, -0.2) is 37.0 Å². The van der Waals surface area contributed by atoms with E-state index in [0.717, 1.165) is 6.54 Å². The molecule has 13 heavy (non-hydrogen) atoms. The molecule has 0 aromatic rings. The Morgan fingerprint density at radius 1 is 1.69 bits per heavy atom. The zero-order valence-corrected chi connectivity index (χ0v) is 8.63. The summed E-state index contributed by atoms with van der Waals surface area (Å²) in [5.41, 5.74) is 0. The first kappa shape index (κ1) is 12.0. The lowest BCUT2D eigenvalue weighted by atomic mass is 10.3. The summed E-state index contributed by atoms with van der Waals surface area (Å²) >= 11 is 0. The van der Waals surface area contributed by atoms with Gasteiger partial charge in [-0.3, -0.25) is 4.79 Å². The highest BCUT2D eigenvalue weighted by Crippen LogP contribution is 1.91. The molecule has 1 amide bonds. The largest absolute Gasteiger partial charge is 0.345 e. The second-order valence-electron chi connectivity index (χ2n) is 2.98. The highest BCUT2D eigenvalue weighted by atomic mass is 16.2. The average molecular weight is 182 g/mol. The zero-order valence-electron chi connectivity index (χ0n) is 8.63. The number of terminal acetylenes is 1. The predicted molar refractivity (Wildman–Crippen MR) is 54.2 cm³/mol. The summed E-state index contributed by atoms with van der Waals surface area (Å²) in [6, 6.07) is -0.140. The Bertz CT molecular complexity index is 196. The molecule has 0 fully saturated rings. The molecule has 0 aromatic carbocycles. The van der Waals surface area contributed by atoms with Crippen molar-refractivity contribution in [2.75, 3.05) is 20.1 Å². The molecule has 0 aromatic heterocycles. The second kappa shape index (κ2) is 6.50. The van der Waals surface area contributed by atoms with Crippen molar-refractivity contribution in [3.63, 3.8) is 0 Å². The van der Waals surface area contributed by atoms with Crippen LogP contribution in [0.15, 0.2) is 0 Å². The third-order valence-electron chi connectivity index (χ3n) is 1.94. The number of carbonyl (C=O) groups excluding carboxylic acids is 1. The molecule has 3 nitrogen and oxygen atoms in total. The molecule has 0 aliphatic rings. The van der Waals surface area contributed by atoms with Gasteiger partial charge in [-0.1, -0.05) is 0 Å². The quantitative estimate of drug-likeness (QED) is 0.495. The Kier molecular flexibility index (Phi) is 5.99. The van der Waals surface area contributed by atoms with Crippen molar-refractivity contribution in [1.29, 1.82) is 0 Å². The van der Waals surface area contributed by atoms with Crippen molar-refractivity contribution in [3.8, 4) is 12.3 Å². The molecule has 0 saturated carbocycles. The van der Waals surface area contributed by atoms with Gasteiger partial charge in [0, 0.05) is 26.6 Å². The molecule has 1 unspecified atom stereocenters. The van der Waals surface area contributed by atoms with E-state index in [1.54, 1.807) is 11.9 Å². The van der Waals surface area contributed by atoms with Crippen LogP contribution in [0.2, 0.25) is 0 Å². The van der Waals surface area contributed by atoms with Gasteiger partial charge < -0.3 is 10.2 Å². The molecule has 0 heterocycles. The standard InChI is InChI=1S/C10H18N2O/c1-5-7-8-11-9(3)10(13)12(4)6-2/h1,9,11H,6-8H2,2-4H3. The van der Waals surface area contributed by atoms with Gasteiger partial charge in [-0.15, -0.1) is 12.3 Å². The maximum atomic E-state index is 11.5. The van der Waals surface area contributed by atoms with Crippen LogP contribution >= 0.6 is 0 Å². The minimum Gasteiger partial charge on any atom is -0.345 e. The molecule has 74 valence electrons. The molecule has 0 bridgehead atoms. The van der Waals surface area contributed by atoms with E-state index in [4.69, 9.17) is 6.42 Å². The molecular weight excluding hydrogens is 164 g/mol. The normalized spacial score (nSPS) is 11.8. The summed E-state index contributed by atoms with van der Waals surface area (Å²) in [6.07, 6.45) is 5.75. The Labute approximate surface area is 80.5 Å². The van der Waals surface area contributed by atoms with Gasteiger partial charge in [0.15, 0.2) is 0 Å². The number of nitrogens with one attached hydrogen (secondary N) is 1. The molecule has 0 rings (SSSR count). The molecule has 0 aliphatic carbocycles. The van der Waals surface area contributed by atoms with Gasteiger partial charge in [-0.25, -0.2) is 0 Å². The van der Waals surface area contributed by atoms with Gasteiger partial charge in [-0.2, -0.15) is 0 Å². The molecule has 3 heteroatoms. The summed E-state index contributed by atoms with van der Waals surface area (Å²) in [4.78, 5) is 13.2. The Balaban J connectivity index is 3.77. The van der Waals surface area contributed by atoms with E-state index < -0.39 is 0 Å². The first-order valence-electron chi connectivity index (χ1n) is 4.55. The summed E-state index contributed by atoms with van der Waals surface area (Å²) in [5.74, 6) is 2.63. The Morgan fingerprint density at radius 2 is 2.31 bits per heavy atom. The molecule has 1 N–H and O–H groups in total. The maximum Gasteiger partial charge on any atom is 0.239 e. The van der Waals surface area contributed by atoms with Crippen molar-refractivity contribution in [2.45, 2.75) is 26.3 Å². The lowest BCUT2D eigenvalue weighted by molar-refractivity contribution is -0.131. The van der Waals surface area contributed by atoms with Crippen LogP contribution in [-0.2, 0) is 4.79 Å². The smallest absolute Gasteiger partial charge is 0.239 e. The van der Waals surface area contributed by atoms with Crippen molar-refractivity contribution < 1.29 is 4.79 Å². The fourth-order valence-electron chi connectivity index (χ4n) is 0.935. The van der Waals surface area contributed by atoms with Crippen molar-refractivity contribution in [1.82, 2.24) is 10.2 Å². The lowest BCUT2D eigenvalue weighted by Crippen LogP contribution is -2.43. The first-order chi connectivity index (χ1) is 6.13. The number of hydrogen-bond acceptors (Lipinski definition) is 2. The van der Waals surface area contributed by atoms with Gasteiger partial charge in [0.25, 0.3) is 0 Å². The lowest BCUT2D eigenvalue weighted by Gasteiger charge is -2.20. The molecule has 1 atom stereocenters. The molecule has 0 aliphatic heterocycles. The SMILES string of the molecule is C#CCCNC(C)C(=O)N(C)CC. The number of amides is 1. The third-order valence-corrected chi connectivity index (χ3v) is 1.94. The van der Waals surface area contributed by atoms with Crippen LogP contribution in [0.1, 0.15) is 20.3 Å². The van der Waals surface area contributed by atoms with E-state index in [2.05, 4.69) is 11.2 Å². The highest BCUT2D eigenvalue weighted by Gasteiger charge is 2.14. The summed E-state index contributed by atoms with van der Waals surface area (Å²) < 4.78 is 0. The van der Waals surface area contributed by atoms with E-state index in [-0.39, 0.29) is 11.9 Å². The van der Waals surface area contributed by atoms with Crippen LogP contribution in [0.5, 0.6) is 0 Å². The van der Waals surface area contributed by atoms with Crippen molar-refractivity contribution >= 4 is 5.91 Å². The molecule has 0 spiro atoms. The molecule has 0 radical (unpaired) electrons. The van der Waals surface area contributed by atoms with Crippen LogP contribution in [0.3, 0.4) is 0 Å². The van der Waals surface area contributed by atoms with Gasteiger partial charge >= 0.3 is 0 Å². The van der Waals surface area contributed by atoms with Crippen molar-refractivity contribution in [3.05, 3.63) is 0 Å². The fraction of sp³-hybridized carbons (Fsp3) is 0.700. The van der Waals surface area contributed by atoms with Gasteiger partial charge in [0.2, 0.25) is 5.91 Å². The monoisotopic (exact) mass is 182 g/mol. The number of nitrogens with zero attached hydrogens (tertiary/aromatic N) is 1. The Morgan fingerprint density at radius 3 is 2.77 bits per heavy atom. The first-order valence-corrected chi connectivity index (χ1v) is 4.55. The minimum atomic E-state index is -0.140. The summed E-state index contributed by atoms with van der Waals surface area (Å²) in [7, 11) is 1.79. The van der Waals surface area contributed by atoms with E-state index in [0.29, 0.717) is 13.0 Å². The molecular formula is C10H18N2O. The van der Waals surface area contributed by atoms with E-state index in [1.165, 1.54) is 0 Å². The number of carbonyl (C=O) groups is 1. The van der Waals surface area contributed by atoms with Crippen LogP contribution in [0.4, 0.5) is 0 Å². The van der Waals surface area contributed by atoms with Crippen LogP contribution < -0.4 is 5.32 Å². The third kappa shape index (κ3) is 4.54. The van der Waals surface area contributed by atoms with Gasteiger partial charge in [0.1, 0.15) is 0 Å². The fourth-order valence-corrected chi connectivity index (χ4v) is 0.935. The van der Waals surface area contributed by atoms with Gasteiger partial charge in [-0.05, 0) is 13.8 Å². The predicted octanol–water partition coefficient (Wildman–Crippen LogP) is 0.466. The number of hydrogen-bond donors (Lipinski definition) is 1. The van der Waals surface area contributed by atoms with Crippen molar-refractivity contribution in [2.24, 2.45) is 0 Å². The van der Waals surface area contributed by atoms with Crippen LogP contribution in [0.25, 0.3) is 0 Å². The number of rotatable bonds is 5. The topological polar surface area (TPSA) is 32.3 Å². The van der Waals surface area contributed by atoms with E-state index in [1.807, 2.05) is 13.8 Å². The Hall–Kier alpha value is -1.01. The van der Waals surface area contributed by atoms with Gasteiger partial charge in [0.05, 0.1) is 6.04 Å². The maximum absolute atomic E-state index is 11.5. The van der Waals surface area contributed by atoms with E-state index in [9.17, 15) is 4.79 Å². The zero-order chi connectivity index (χ0) is 10.3. The minimum absolute atomic E-state index is 0.111.